The molecule has 2 aliphatic rings. The van der Waals surface area contributed by atoms with Crippen molar-refractivity contribution in [1.82, 2.24) is 24.8 Å². The van der Waals surface area contributed by atoms with Crippen LogP contribution >= 0.6 is 0 Å². The van der Waals surface area contributed by atoms with E-state index in [0.717, 1.165) is 19.4 Å². The summed E-state index contributed by atoms with van der Waals surface area (Å²) in [5.74, 6) is -2.34. The van der Waals surface area contributed by atoms with Gasteiger partial charge in [-0.2, -0.15) is 15.2 Å². The minimum atomic E-state index is -1.08. The summed E-state index contributed by atoms with van der Waals surface area (Å²) >= 11 is 0. The lowest BCUT2D eigenvalue weighted by Crippen LogP contribution is -2.55. The Morgan fingerprint density at radius 2 is 2.02 bits per heavy atom. The number of likely N-dealkylation sites (N-methyl/N-ethyl adjacent to an activating group) is 1. The maximum atomic E-state index is 14.6. The number of nitriles is 1. The highest BCUT2D eigenvalue weighted by atomic mass is 19.1. The minimum Gasteiger partial charge on any atom is -0.507 e. The number of hydrogen-bond donors (Lipinski definition) is 1. The zero-order valence-electron chi connectivity index (χ0n) is 22.1. The van der Waals surface area contributed by atoms with E-state index in [9.17, 15) is 23.9 Å². The number of anilines is 1. The van der Waals surface area contributed by atoms with Crippen molar-refractivity contribution < 1.29 is 23.4 Å². The monoisotopic (exact) mass is 549 g/mol. The number of carbonyl (C=O) groups excluding carboxylic acids is 1. The van der Waals surface area contributed by atoms with Crippen molar-refractivity contribution in [3.8, 4) is 29.1 Å². The van der Waals surface area contributed by atoms with Crippen molar-refractivity contribution >= 4 is 22.8 Å². The van der Waals surface area contributed by atoms with E-state index < -0.39 is 23.6 Å². The van der Waals surface area contributed by atoms with Crippen molar-refractivity contribution in [3.63, 3.8) is 0 Å². The number of nitrogens with zero attached hydrogens (tertiary/aromatic N) is 7. The predicted molar refractivity (Wildman–Crippen MR) is 144 cm³/mol. The molecule has 0 spiro atoms. The molecule has 40 heavy (non-hydrogen) atoms. The minimum absolute atomic E-state index is 0.00906. The number of hydrogen-bond acceptors (Lipinski definition) is 9. The van der Waals surface area contributed by atoms with E-state index in [0.29, 0.717) is 24.4 Å². The van der Waals surface area contributed by atoms with Crippen LogP contribution in [0.25, 0.3) is 22.3 Å². The Morgan fingerprint density at radius 1 is 1.20 bits per heavy atom. The van der Waals surface area contributed by atoms with Gasteiger partial charge >= 0.3 is 6.01 Å². The summed E-state index contributed by atoms with van der Waals surface area (Å²) in [5.41, 5.74) is 0.369. The molecular formula is C28H29F2N7O3. The Balaban J connectivity index is 1.54. The molecule has 2 aliphatic heterocycles. The summed E-state index contributed by atoms with van der Waals surface area (Å²) in [4.78, 5) is 31.5. The molecule has 2 fully saturated rings. The van der Waals surface area contributed by atoms with Crippen LogP contribution in [0.2, 0.25) is 0 Å². The summed E-state index contributed by atoms with van der Waals surface area (Å²) in [6.07, 6.45) is 2.04. The van der Waals surface area contributed by atoms with Gasteiger partial charge in [0.25, 0.3) is 5.91 Å². The second-order valence-corrected chi connectivity index (χ2v) is 9.98. The van der Waals surface area contributed by atoms with Crippen LogP contribution in [0.15, 0.2) is 42.7 Å². The van der Waals surface area contributed by atoms with E-state index >= 15 is 0 Å². The van der Waals surface area contributed by atoms with E-state index in [1.54, 1.807) is 12.1 Å². The first-order chi connectivity index (χ1) is 19.3. The van der Waals surface area contributed by atoms with Gasteiger partial charge in [-0.1, -0.05) is 12.6 Å². The van der Waals surface area contributed by atoms with Crippen LogP contribution < -0.4 is 9.64 Å². The fourth-order valence-corrected chi connectivity index (χ4v) is 5.30. The highest BCUT2D eigenvalue weighted by Crippen LogP contribution is 2.34. The SMILES string of the molecule is C=C(F)C(=O)N1CCN(c2nc(OC[C@@H]3CCCN3C)nc3nc(-c4c(O)cccc4F)ccc23)C[C@@H]1CC#N. The van der Waals surface area contributed by atoms with Gasteiger partial charge in [0.15, 0.2) is 11.5 Å². The fourth-order valence-electron chi connectivity index (χ4n) is 5.30. The van der Waals surface area contributed by atoms with Crippen LogP contribution in [-0.2, 0) is 4.79 Å². The van der Waals surface area contributed by atoms with Crippen LogP contribution in [0.3, 0.4) is 0 Å². The summed E-state index contributed by atoms with van der Waals surface area (Å²) in [6, 6.07) is 9.04. The van der Waals surface area contributed by atoms with Gasteiger partial charge in [-0.15, -0.1) is 0 Å². The van der Waals surface area contributed by atoms with Gasteiger partial charge in [0.1, 0.15) is 24.0 Å². The first kappa shape index (κ1) is 27.2. The number of fused-ring (bicyclic) bond motifs is 1. The molecule has 3 aromatic rings. The molecule has 2 aromatic heterocycles. The largest absolute Gasteiger partial charge is 0.507 e. The van der Waals surface area contributed by atoms with Gasteiger partial charge in [-0.25, -0.2) is 13.8 Å². The number of aromatic hydroxyl groups is 1. The summed E-state index contributed by atoms with van der Waals surface area (Å²) in [5, 5.41) is 20.2. The average Bonchev–Trinajstić information content (AvgIpc) is 3.35. The molecule has 0 radical (unpaired) electrons. The number of piperazine rings is 1. The Kier molecular flexibility index (Phi) is 7.75. The molecule has 2 saturated heterocycles. The standard InChI is InChI=1S/C28H29F2N7O3/c1-17(29)27(39)37-14-13-36(15-18(37)10-11-31)26-20-8-9-22(24-21(30)6-3-7-23(24)38)32-25(20)33-28(34-26)40-16-19-5-4-12-35(19)2/h3,6-9,18-19,38H,1,4-5,10,12-16H2,2H3/t18-,19-/m0/s1. The van der Waals surface area contributed by atoms with Crippen molar-refractivity contribution in [2.24, 2.45) is 0 Å². The third-order valence-electron chi connectivity index (χ3n) is 7.45. The number of likely N-dealkylation sites (tertiary alicyclic amines) is 1. The number of rotatable bonds is 7. The van der Waals surface area contributed by atoms with Crippen molar-refractivity contribution in [2.45, 2.75) is 31.3 Å². The molecule has 0 bridgehead atoms. The molecule has 1 N–H and O–H groups in total. The van der Waals surface area contributed by atoms with Gasteiger partial charge in [0.05, 0.1) is 35.2 Å². The quantitative estimate of drug-likeness (QED) is 0.442. The van der Waals surface area contributed by atoms with Crippen LogP contribution in [0.5, 0.6) is 11.8 Å². The zero-order valence-corrected chi connectivity index (χ0v) is 22.1. The highest BCUT2D eigenvalue weighted by Gasteiger charge is 2.33. The van der Waals surface area contributed by atoms with Crippen molar-refractivity contribution in [1.29, 1.82) is 5.26 Å². The van der Waals surface area contributed by atoms with Gasteiger partial charge < -0.3 is 24.5 Å². The van der Waals surface area contributed by atoms with E-state index in [2.05, 4.69) is 32.5 Å². The average molecular weight is 550 g/mol. The normalized spacial score (nSPS) is 19.6. The van der Waals surface area contributed by atoms with Gasteiger partial charge in [0.2, 0.25) is 0 Å². The maximum absolute atomic E-state index is 14.6. The number of ether oxygens (including phenoxy) is 1. The summed E-state index contributed by atoms with van der Waals surface area (Å²) < 4.78 is 34.3. The summed E-state index contributed by atoms with van der Waals surface area (Å²) in [7, 11) is 2.03. The molecule has 5 rings (SSSR count). The third kappa shape index (κ3) is 5.37. The van der Waals surface area contributed by atoms with E-state index in [1.165, 1.54) is 23.1 Å². The molecule has 4 heterocycles. The summed E-state index contributed by atoms with van der Waals surface area (Å²) in [6.45, 7) is 5.11. The molecule has 1 amide bonds. The highest BCUT2D eigenvalue weighted by molar-refractivity contribution is 5.92. The number of aromatic nitrogens is 3. The molecule has 2 atom stereocenters. The molecule has 12 heteroatoms. The van der Waals surface area contributed by atoms with Crippen LogP contribution in [0, 0.1) is 17.1 Å². The number of amides is 1. The molecule has 0 saturated carbocycles. The smallest absolute Gasteiger partial charge is 0.320 e. The third-order valence-corrected chi connectivity index (χ3v) is 7.45. The number of phenolic OH excluding ortho intramolecular Hbond substituents is 1. The van der Waals surface area contributed by atoms with Crippen molar-refractivity contribution in [3.05, 3.63) is 48.6 Å². The molecule has 208 valence electrons. The second kappa shape index (κ2) is 11.4. The van der Waals surface area contributed by atoms with E-state index in [-0.39, 0.29) is 54.2 Å². The van der Waals surface area contributed by atoms with Gasteiger partial charge in [0, 0.05) is 25.7 Å². The first-order valence-corrected chi connectivity index (χ1v) is 13.0. The van der Waals surface area contributed by atoms with E-state index in [1.807, 2.05) is 11.9 Å². The number of phenols is 1. The first-order valence-electron chi connectivity index (χ1n) is 13.0. The Bertz CT molecular complexity index is 1470. The lowest BCUT2D eigenvalue weighted by atomic mass is 10.1. The second-order valence-electron chi connectivity index (χ2n) is 9.98. The van der Waals surface area contributed by atoms with Crippen LogP contribution in [-0.4, -0.2) is 87.7 Å². The van der Waals surface area contributed by atoms with Gasteiger partial charge in [-0.05, 0) is 50.7 Å². The molecule has 0 aliphatic carbocycles. The molecule has 0 unspecified atom stereocenters. The number of benzene rings is 1. The fraction of sp³-hybridized carbons (Fsp3) is 0.393. The Hall–Kier alpha value is -4.37. The predicted octanol–water partition coefficient (Wildman–Crippen LogP) is 3.42. The number of pyridine rings is 1. The molecule has 1 aromatic carbocycles. The molecular weight excluding hydrogens is 520 g/mol. The van der Waals surface area contributed by atoms with Crippen LogP contribution in [0.4, 0.5) is 14.6 Å². The number of carbonyl (C=O) groups is 1. The number of halogens is 2. The Morgan fingerprint density at radius 3 is 2.73 bits per heavy atom. The zero-order chi connectivity index (χ0) is 28.4. The van der Waals surface area contributed by atoms with E-state index in [4.69, 9.17) is 4.74 Å². The topological polar surface area (TPSA) is 119 Å². The Labute approximate surface area is 230 Å². The lowest BCUT2D eigenvalue weighted by Gasteiger charge is -2.41. The van der Waals surface area contributed by atoms with Crippen molar-refractivity contribution in [2.75, 3.05) is 44.7 Å². The van der Waals surface area contributed by atoms with Gasteiger partial charge in [-0.3, -0.25) is 4.79 Å². The lowest BCUT2D eigenvalue weighted by molar-refractivity contribution is -0.131. The maximum Gasteiger partial charge on any atom is 0.320 e. The molecule has 10 nitrogen and oxygen atoms in total. The van der Waals surface area contributed by atoms with Crippen LogP contribution in [0.1, 0.15) is 19.3 Å².